The highest BCUT2D eigenvalue weighted by Crippen LogP contribution is 1.66. The number of nitrogens with two attached hydrogens (primary N) is 1. The normalized spacial score (nSPS) is 8.43. The van der Waals surface area contributed by atoms with Crippen molar-refractivity contribution in [3.05, 3.63) is 0 Å². The van der Waals surface area contributed by atoms with Crippen LogP contribution in [-0.2, 0) is 4.57 Å². The first kappa shape index (κ1) is 10.2. The van der Waals surface area contributed by atoms with Gasteiger partial charge in [-0.1, -0.05) is 6.92 Å². The fourth-order valence-corrected chi connectivity index (χ4v) is 0. The highest BCUT2D eigenvalue weighted by Gasteiger charge is 1.55. The lowest BCUT2D eigenvalue weighted by atomic mass is 10.5. The molecule has 1 atom stereocenters. The molecule has 0 rings (SSSR count). The van der Waals surface area contributed by atoms with Crippen LogP contribution in [0.2, 0.25) is 0 Å². The van der Waals surface area contributed by atoms with E-state index in [0.717, 1.165) is 13.0 Å². The van der Waals surface area contributed by atoms with Gasteiger partial charge in [0, 0.05) is 0 Å². The Morgan fingerprint density at radius 1 is 1.86 bits per heavy atom. The first-order chi connectivity index (χ1) is 3.33. The summed E-state index contributed by atoms with van der Waals surface area (Å²) in [7, 11) is -1.50. The summed E-state index contributed by atoms with van der Waals surface area (Å²) in [5, 5.41) is 0. The molecule has 0 bridgehead atoms. The van der Waals surface area contributed by atoms with Gasteiger partial charge in [-0.25, -0.2) is 0 Å². The SMILES string of the molecule is CCCN.O=[PH2]O. The lowest BCUT2D eigenvalue weighted by Gasteiger charge is -1.70. The average Bonchev–Trinajstić information content (AvgIpc) is 1.69. The third-order valence-corrected chi connectivity index (χ3v) is 0.289. The summed E-state index contributed by atoms with van der Waals surface area (Å²) in [6.45, 7) is 2.88. The van der Waals surface area contributed by atoms with E-state index in [1.165, 1.54) is 0 Å². The van der Waals surface area contributed by atoms with Gasteiger partial charge in [0.15, 0.2) is 8.69 Å². The Morgan fingerprint density at radius 2 is 2.00 bits per heavy atom. The highest BCUT2D eigenvalue weighted by atomic mass is 31.1. The molecule has 0 aromatic heterocycles. The van der Waals surface area contributed by atoms with Crippen molar-refractivity contribution in [1.29, 1.82) is 0 Å². The van der Waals surface area contributed by atoms with E-state index in [0.29, 0.717) is 0 Å². The molecule has 0 aliphatic heterocycles. The van der Waals surface area contributed by atoms with Crippen molar-refractivity contribution in [3.63, 3.8) is 0 Å². The average molecular weight is 125 g/mol. The van der Waals surface area contributed by atoms with Gasteiger partial charge in [0.2, 0.25) is 0 Å². The predicted molar refractivity (Wildman–Crippen MR) is 32.0 cm³/mol. The predicted octanol–water partition coefficient (Wildman–Crippen LogP) is 0.00510. The maximum atomic E-state index is 8.57. The minimum absolute atomic E-state index is 0.819. The molecule has 0 fully saturated rings. The summed E-state index contributed by atoms with van der Waals surface area (Å²) in [5.74, 6) is 0. The van der Waals surface area contributed by atoms with Crippen molar-refractivity contribution in [2.75, 3.05) is 6.54 Å². The Labute approximate surface area is 44.8 Å². The molecule has 0 amide bonds. The molecule has 7 heavy (non-hydrogen) atoms. The van der Waals surface area contributed by atoms with E-state index in [9.17, 15) is 0 Å². The van der Waals surface area contributed by atoms with Gasteiger partial charge in [0.05, 0.1) is 0 Å². The quantitative estimate of drug-likeness (QED) is 0.485. The third kappa shape index (κ3) is 80.1. The van der Waals surface area contributed by atoms with Crippen molar-refractivity contribution in [1.82, 2.24) is 0 Å². The van der Waals surface area contributed by atoms with E-state index < -0.39 is 8.69 Å². The Hall–Kier alpha value is 0.150. The van der Waals surface area contributed by atoms with Crippen molar-refractivity contribution in [2.45, 2.75) is 13.3 Å². The van der Waals surface area contributed by atoms with E-state index >= 15 is 0 Å². The van der Waals surface area contributed by atoms with Crippen LogP contribution in [-0.4, -0.2) is 11.4 Å². The van der Waals surface area contributed by atoms with Gasteiger partial charge in [0.25, 0.3) is 0 Å². The molecule has 0 heterocycles. The van der Waals surface area contributed by atoms with Gasteiger partial charge in [-0.15, -0.1) is 0 Å². The van der Waals surface area contributed by atoms with Crippen LogP contribution in [0.1, 0.15) is 13.3 Å². The molecule has 4 heteroatoms. The molecule has 46 valence electrons. The maximum absolute atomic E-state index is 8.57. The van der Waals surface area contributed by atoms with E-state index in [2.05, 4.69) is 6.92 Å². The largest absolute Gasteiger partial charge is 0.348 e. The van der Waals surface area contributed by atoms with Crippen LogP contribution in [0.15, 0.2) is 0 Å². The molecular weight excluding hydrogens is 113 g/mol. The zero-order chi connectivity index (χ0) is 6.12. The fraction of sp³-hybridized carbons (Fsp3) is 1.00. The smallest absolute Gasteiger partial charge is 0.177 e. The van der Waals surface area contributed by atoms with Crippen LogP contribution in [0.25, 0.3) is 0 Å². The number of hydrogen-bond acceptors (Lipinski definition) is 2. The number of hydrogen-bond donors (Lipinski definition) is 2. The van der Waals surface area contributed by atoms with E-state index in [4.69, 9.17) is 15.2 Å². The Balaban J connectivity index is 0. The molecule has 0 radical (unpaired) electrons. The van der Waals surface area contributed by atoms with Crippen LogP contribution in [0, 0.1) is 0 Å². The zero-order valence-electron chi connectivity index (χ0n) is 4.42. The molecule has 3 N–H and O–H groups in total. The minimum atomic E-state index is -1.50. The standard InChI is InChI=1S/C3H9N.H3O2P/c1-2-3-4;1-3-2/h2-4H2,1H3;3H2,(H,1,2). The van der Waals surface area contributed by atoms with Gasteiger partial charge in [-0.05, 0) is 13.0 Å². The molecule has 0 aliphatic carbocycles. The van der Waals surface area contributed by atoms with Crippen LogP contribution in [0.3, 0.4) is 0 Å². The second-order valence-electron chi connectivity index (χ2n) is 0.894. The Kier molecular flexibility index (Phi) is 23.9. The zero-order valence-corrected chi connectivity index (χ0v) is 5.58. The van der Waals surface area contributed by atoms with Crippen molar-refractivity contribution in [2.24, 2.45) is 5.73 Å². The molecule has 0 saturated heterocycles. The molecule has 0 spiro atoms. The van der Waals surface area contributed by atoms with Gasteiger partial charge in [-0.2, -0.15) is 0 Å². The monoisotopic (exact) mass is 125 g/mol. The summed E-state index contributed by atoms with van der Waals surface area (Å²) in [6, 6.07) is 0. The van der Waals surface area contributed by atoms with E-state index in [1.54, 1.807) is 0 Å². The summed E-state index contributed by atoms with van der Waals surface area (Å²) >= 11 is 0. The summed E-state index contributed by atoms with van der Waals surface area (Å²) < 4.78 is 8.57. The van der Waals surface area contributed by atoms with Crippen LogP contribution in [0.4, 0.5) is 0 Å². The highest BCUT2D eigenvalue weighted by molar-refractivity contribution is 7.16. The molecule has 1 unspecified atom stereocenters. The first-order valence-electron chi connectivity index (χ1n) is 2.11. The van der Waals surface area contributed by atoms with Crippen LogP contribution < -0.4 is 5.73 Å². The molecule has 0 aromatic rings. The molecule has 0 saturated carbocycles. The number of rotatable bonds is 1. The van der Waals surface area contributed by atoms with Gasteiger partial charge in [0.1, 0.15) is 0 Å². The van der Waals surface area contributed by atoms with Crippen molar-refractivity contribution in [3.8, 4) is 0 Å². The van der Waals surface area contributed by atoms with Crippen LogP contribution in [0.5, 0.6) is 0 Å². The topological polar surface area (TPSA) is 63.3 Å². The lowest BCUT2D eigenvalue weighted by molar-refractivity contribution is 0.524. The van der Waals surface area contributed by atoms with Gasteiger partial charge in [-0.3, -0.25) is 4.57 Å². The molecule has 3 nitrogen and oxygen atoms in total. The van der Waals surface area contributed by atoms with E-state index in [-0.39, 0.29) is 0 Å². The van der Waals surface area contributed by atoms with Gasteiger partial charge >= 0.3 is 0 Å². The van der Waals surface area contributed by atoms with Crippen molar-refractivity contribution >= 4 is 8.69 Å². The summed E-state index contributed by atoms with van der Waals surface area (Å²) in [4.78, 5) is 7.10. The van der Waals surface area contributed by atoms with Crippen molar-refractivity contribution < 1.29 is 9.46 Å². The maximum Gasteiger partial charge on any atom is 0.177 e. The second kappa shape index (κ2) is 16.4. The van der Waals surface area contributed by atoms with Crippen LogP contribution >= 0.6 is 8.69 Å². The fourth-order valence-electron chi connectivity index (χ4n) is 0. The summed E-state index contributed by atoms with van der Waals surface area (Å²) in [6.07, 6.45) is 1.10. The molecular formula is C3H12NO2P. The molecule has 0 aromatic carbocycles. The second-order valence-corrected chi connectivity index (χ2v) is 1.10. The molecule has 0 aliphatic rings. The Bertz CT molecular complexity index is 32.1. The lowest BCUT2D eigenvalue weighted by Crippen LogP contribution is -1.93. The minimum Gasteiger partial charge on any atom is -0.348 e. The Morgan fingerprint density at radius 3 is 2.00 bits per heavy atom. The van der Waals surface area contributed by atoms with Gasteiger partial charge < -0.3 is 10.6 Å². The first-order valence-corrected chi connectivity index (χ1v) is 3.10. The van der Waals surface area contributed by atoms with E-state index in [1.807, 2.05) is 0 Å². The third-order valence-electron chi connectivity index (χ3n) is 0.289. The summed E-state index contributed by atoms with van der Waals surface area (Å²) in [5.41, 5.74) is 5.03.